The summed E-state index contributed by atoms with van der Waals surface area (Å²) in [4.78, 5) is 16.8. The summed E-state index contributed by atoms with van der Waals surface area (Å²) < 4.78 is 33.2. The summed E-state index contributed by atoms with van der Waals surface area (Å²) in [6.45, 7) is 8.38. The number of nitrogens with one attached hydrogen (secondary N) is 1. The number of piperidine rings is 1. The van der Waals surface area contributed by atoms with Crippen LogP contribution in [0.3, 0.4) is 0 Å². The van der Waals surface area contributed by atoms with Gasteiger partial charge in [-0.15, -0.1) is 0 Å². The lowest BCUT2D eigenvalue weighted by molar-refractivity contribution is 0.00321. The predicted molar refractivity (Wildman–Crippen MR) is 110 cm³/mol. The fourth-order valence-corrected chi connectivity index (χ4v) is 4.29. The molecular formula is C22H33F2N3O2. The van der Waals surface area contributed by atoms with E-state index in [1.165, 1.54) is 6.07 Å². The minimum absolute atomic E-state index is 0.375. The second-order valence-corrected chi connectivity index (χ2v) is 8.51. The van der Waals surface area contributed by atoms with Gasteiger partial charge in [0, 0.05) is 38.4 Å². The van der Waals surface area contributed by atoms with Gasteiger partial charge >= 0.3 is 6.03 Å². The monoisotopic (exact) mass is 409 g/mol. The average Bonchev–Trinajstić information content (AvgIpc) is 2.72. The van der Waals surface area contributed by atoms with E-state index in [0.29, 0.717) is 31.1 Å². The van der Waals surface area contributed by atoms with E-state index in [1.54, 1.807) is 4.90 Å². The van der Waals surface area contributed by atoms with Crippen LogP contribution in [-0.4, -0.2) is 60.8 Å². The molecule has 2 fully saturated rings. The Bertz CT molecular complexity index is 652. The van der Waals surface area contributed by atoms with Crippen LogP contribution in [0.15, 0.2) is 18.2 Å². The highest BCUT2D eigenvalue weighted by Crippen LogP contribution is 2.26. The number of anilines is 1. The third kappa shape index (κ3) is 5.89. The van der Waals surface area contributed by atoms with Gasteiger partial charge in [0.1, 0.15) is 17.3 Å². The van der Waals surface area contributed by atoms with Crippen molar-refractivity contribution in [3.63, 3.8) is 0 Å². The smallest absolute Gasteiger partial charge is 0.322 e. The molecule has 1 N–H and O–H groups in total. The number of rotatable bonds is 6. The summed E-state index contributed by atoms with van der Waals surface area (Å²) in [7, 11) is 0. The van der Waals surface area contributed by atoms with Crippen LogP contribution in [0.2, 0.25) is 0 Å². The fourth-order valence-electron chi connectivity index (χ4n) is 4.29. The normalized spacial score (nSPS) is 19.2. The van der Waals surface area contributed by atoms with Crippen LogP contribution < -0.4 is 5.32 Å². The Hall–Kier alpha value is -1.73. The van der Waals surface area contributed by atoms with Crippen LogP contribution in [0.4, 0.5) is 19.3 Å². The molecule has 0 bridgehead atoms. The summed E-state index contributed by atoms with van der Waals surface area (Å²) >= 11 is 0. The SMILES string of the molecule is CC(C)CCN(C1CCOCC1)C1CCN(C(=O)Nc2c(F)cccc2F)CC1. The lowest BCUT2D eigenvalue weighted by Crippen LogP contribution is -2.52. The van der Waals surface area contributed by atoms with Crippen molar-refractivity contribution in [1.29, 1.82) is 0 Å². The molecule has 0 spiro atoms. The van der Waals surface area contributed by atoms with Crippen molar-refractivity contribution < 1.29 is 18.3 Å². The molecule has 2 heterocycles. The number of hydrogen-bond acceptors (Lipinski definition) is 3. The van der Waals surface area contributed by atoms with E-state index < -0.39 is 17.7 Å². The van der Waals surface area contributed by atoms with Gasteiger partial charge in [-0.05, 0) is 56.7 Å². The van der Waals surface area contributed by atoms with Gasteiger partial charge in [-0.25, -0.2) is 13.6 Å². The van der Waals surface area contributed by atoms with E-state index in [0.717, 1.165) is 64.0 Å². The molecule has 2 aliphatic rings. The van der Waals surface area contributed by atoms with Gasteiger partial charge in [0.2, 0.25) is 0 Å². The quantitative estimate of drug-likeness (QED) is 0.753. The Morgan fingerprint density at radius 2 is 1.72 bits per heavy atom. The molecule has 1 aromatic carbocycles. The Morgan fingerprint density at radius 1 is 1.14 bits per heavy atom. The van der Waals surface area contributed by atoms with Crippen molar-refractivity contribution in [2.45, 2.75) is 58.0 Å². The van der Waals surface area contributed by atoms with E-state index in [1.807, 2.05) is 0 Å². The second-order valence-electron chi connectivity index (χ2n) is 8.51. The molecule has 5 nitrogen and oxygen atoms in total. The molecule has 7 heteroatoms. The van der Waals surface area contributed by atoms with Gasteiger partial charge in [-0.1, -0.05) is 19.9 Å². The van der Waals surface area contributed by atoms with Crippen molar-refractivity contribution in [3.8, 4) is 0 Å². The number of carbonyl (C=O) groups excluding carboxylic acids is 1. The molecule has 2 amide bonds. The molecule has 2 saturated heterocycles. The lowest BCUT2D eigenvalue weighted by atomic mass is 9.96. The second kappa shape index (κ2) is 10.3. The number of nitrogens with zero attached hydrogens (tertiary/aromatic N) is 2. The summed E-state index contributed by atoms with van der Waals surface area (Å²) in [5.41, 5.74) is -0.375. The first-order valence-corrected chi connectivity index (χ1v) is 10.8. The summed E-state index contributed by atoms with van der Waals surface area (Å²) in [5, 5.41) is 2.40. The topological polar surface area (TPSA) is 44.8 Å². The van der Waals surface area contributed by atoms with Crippen LogP contribution in [0.1, 0.15) is 46.0 Å². The van der Waals surface area contributed by atoms with Crippen LogP contribution >= 0.6 is 0 Å². The van der Waals surface area contributed by atoms with Crippen molar-refractivity contribution in [2.24, 2.45) is 5.92 Å². The maximum Gasteiger partial charge on any atom is 0.322 e. The highest BCUT2D eigenvalue weighted by Gasteiger charge is 2.32. The average molecular weight is 410 g/mol. The number of likely N-dealkylation sites (tertiary alicyclic amines) is 1. The van der Waals surface area contributed by atoms with E-state index in [9.17, 15) is 13.6 Å². The molecule has 2 aliphatic heterocycles. The van der Waals surface area contributed by atoms with Crippen molar-refractivity contribution in [1.82, 2.24) is 9.80 Å². The van der Waals surface area contributed by atoms with Gasteiger partial charge in [-0.3, -0.25) is 4.90 Å². The third-order valence-corrected chi connectivity index (χ3v) is 6.04. The zero-order chi connectivity index (χ0) is 20.8. The highest BCUT2D eigenvalue weighted by atomic mass is 19.1. The van der Waals surface area contributed by atoms with Crippen molar-refractivity contribution >= 4 is 11.7 Å². The Kier molecular flexibility index (Phi) is 7.84. The van der Waals surface area contributed by atoms with Crippen molar-refractivity contribution in [2.75, 3.05) is 38.2 Å². The molecule has 29 heavy (non-hydrogen) atoms. The van der Waals surface area contributed by atoms with Crippen LogP contribution in [-0.2, 0) is 4.74 Å². The van der Waals surface area contributed by atoms with Gasteiger partial charge in [0.15, 0.2) is 0 Å². The first-order valence-electron chi connectivity index (χ1n) is 10.8. The zero-order valence-electron chi connectivity index (χ0n) is 17.5. The first-order chi connectivity index (χ1) is 14.0. The van der Waals surface area contributed by atoms with E-state index >= 15 is 0 Å². The number of halogens is 2. The summed E-state index contributed by atoms with van der Waals surface area (Å²) in [6.07, 6.45) is 5.03. The maximum absolute atomic E-state index is 13.8. The number of para-hydroxylation sites is 1. The molecule has 0 radical (unpaired) electrons. The minimum atomic E-state index is -0.757. The summed E-state index contributed by atoms with van der Waals surface area (Å²) in [5.74, 6) is -0.862. The number of benzene rings is 1. The molecule has 0 atom stereocenters. The Labute approximate surface area is 172 Å². The van der Waals surface area contributed by atoms with Gasteiger partial charge in [-0.2, -0.15) is 0 Å². The predicted octanol–water partition coefficient (Wildman–Crippen LogP) is 4.49. The number of urea groups is 1. The molecule has 0 aliphatic carbocycles. The largest absolute Gasteiger partial charge is 0.381 e. The maximum atomic E-state index is 13.8. The molecule has 0 aromatic heterocycles. The van der Waals surface area contributed by atoms with E-state index in [4.69, 9.17) is 4.74 Å². The van der Waals surface area contributed by atoms with Crippen LogP contribution in [0.25, 0.3) is 0 Å². The van der Waals surface area contributed by atoms with Crippen LogP contribution in [0.5, 0.6) is 0 Å². The Balaban J connectivity index is 1.57. The molecule has 162 valence electrons. The molecule has 1 aromatic rings. The van der Waals surface area contributed by atoms with Crippen LogP contribution in [0, 0.1) is 17.6 Å². The molecular weight excluding hydrogens is 376 g/mol. The first kappa shape index (κ1) is 22.0. The van der Waals surface area contributed by atoms with Gasteiger partial charge in [0.05, 0.1) is 0 Å². The Morgan fingerprint density at radius 3 is 2.31 bits per heavy atom. The fraction of sp³-hybridized carbons (Fsp3) is 0.682. The van der Waals surface area contributed by atoms with E-state index in [2.05, 4.69) is 24.1 Å². The third-order valence-electron chi connectivity index (χ3n) is 6.04. The number of hydrogen-bond donors (Lipinski definition) is 1. The standard InChI is InChI=1S/C22H33F2N3O2/c1-16(2)6-13-27(18-9-14-29-15-10-18)17-7-11-26(12-8-17)22(28)25-21-19(23)4-3-5-20(21)24/h3-5,16-18H,6-15H2,1-2H3,(H,25,28). The number of amides is 2. The van der Waals surface area contributed by atoms with Gasteiger partial charge in [0.25, 0.3) is 0 Å². The summed E-state index contributed by atoms with van der Waals surface area (Å²) in [6, 6.07) is 4.11. The number of carbonyl (C=O) groups is 1. The molecule has 3 rings (SSSR count). The number of ether oxygens (including phenoxy) is 1. The lowest BCUT2D eigenvalue weighted by Gasteiger charge is -2.44. The molecule has 0 saturated carbocycles. The highest BCUT2D eigenvalue weighted by molar-refractivity contribution is 5.89. The molecule has 0 unspecified atom stereocenters. The van der Waals surface area contributed by atoms with Gasteiger partial charge < -0.3 is 15.0 Å². The van der Waals surface area contributed by atoms with E-state index in [-0.39, 0.29) is 5.69 Å². The minimum Gasteiger partial charge on any atom is -0.381 e. The zero-order valence-corrected chi connectivity index (χ0v) is 17.5. The van der Waals surface area contributed by atoms with Crippen molar-refractivity contribution in [3.05, 3.63) is 29.8 Å².